The molecule has 1 nitrogen and oxygen atoms in total. The van der Waals surface area contributed by atoms with Crippen molar-refractivity contribution >= 4 is 0 Å². The molecule has 19 heavy (non-hydrogen) atoms. The lowest BCUT2D eigenvalue weighted by molar-refractivity contribution is 0.257. The Labute approximate surface area is 116 Å². The zero-order chi connectivity index (χ0) is 13.7. The van der Waals surface area contributed by atoms with Gasteiger partial charge in [0.15, 0.2) is 0 Å². The van der Waals surface area contributed by atoms with Crippen molar-refractivity contribution in [3.05, 3.63) is 35.1 Å². The van der Waals surface area contributed by atoms with Gasteiger partial charge in [-0.05, 0) is 61.9 Å². The van der Waals surface area contributed by atoms with Gasteiger partial charge in [0.1, 0.15) is 5.82 Å². The lowest BCUT2D eigenvalue weighted by Gasteiger charge is -2.31. The van der Waals surface area contributed by atoms with E-state index in [4.69, 9.17) is 0 Å². The number of hydrogen-bond acceptors (Lipinski definition) is 1. The maximum Gasteiger partial charge on any atom is 0.123 e. The Bertz CT molecular complexity index is 402. The maximum atomic E-state index is 13.0. The molecule has 0 radical (unpaired) electrons. The van der Waals surface area contributed by atoms with Crippen LogP contribution in [0.1, 0.15) is 50.2 Å². The van der Waals surface area contributed by atoms with E-state index in [1.54, 1.807) is 12.1 Å². The van der Waals surface area contributed by atoms with Crippen molar-refractivity contribution in [1.82, 2.24) is 5.32 Å². The number of aryl methyl sites for hydroxylation is 1. The Morgan fingerprint density at radius 3 is 2.79 bits per heavy atom. The van der Waals surface area contributed by atoms with Crippen LogP contribution in [0.15, 0.2) is 18.2 Å². The minimum absolute atomic E-state index is 0.132. The lowest BCUT2D eigenvalue weighted by atomic mass is 9.83. The van der Waals surface area contributed by atoms with Crippen molar-refractivity contribution in [1.29, 1.82) is 0 Å². The third-order valence-corrected chi connectivity index (χ3v) is 4.54. The van der Waals surface area contributed by atoms with Crippen molar-refractivity contribution in [2.24, 2.45) is 5.92 Å². The van der Waals surface area contributed by atoms with Gasteiger partial charge in [0, 0.05) is 6.04 Å². The molecule has 1 saturated carbocycles. The maximum absolute atomic E-state index is 13.0. The van der Waals surface area contributed by atoms with Crippen LogP contribution in [0.5, 0.6) is 0 Å². The molecular formula is C17H26FN. The fourth-order valence-corrected chi connectivity index (χ4v) is 3.30. The van der Waals surface area contributed by atoms with Gasteiger partial charge in [-0.15, -0.1) is 0 Å². The fraction of sp³-hybridized carbons (Fsp3) is 0.647. The van der Waals surface area contributed by atoms with Crippen molar-refractivity contribution in [3.63, 3.8) is 0 Å². The zero-order valence-corrected chi connectivity index (χ0v) is 12.2. The number of halogens is 1. The monoisotopic (exact) mass is 263 g/mol. The first-order chi connectivity index (χ1) is 9.20. The molecular weight excluding hydrogens is 237 g/mol. The third kappa shape index (κ3) is 4.04. The second-order valence-corrected chi connectivity index (χ2v) is 5.83. The molecule has 1 fully saturated rings. The highest BCUT2D eigenvalue weighted by atomic mass is 19.1. The second-order valence-electron chi connectivity index (χ2n) is 5.83. The van der Waals surface area contributed by atoms with Gasteiger partial charge in [-0.25, -0.2) is 4.39 Å². The fourth-order valence-electron chi connectivity index (χ4n) is 3.30. The molecule has 2 atom stereocenters. The van der Waals surface area contributed by atoms with E-state index in [9.17, 15) is 4.39 Å². The van der Waals surface area contributed by atoms with Crippen LogP contribution >= 0.6 is 0 Å². The van der Waals surface area contributed by atoms with Gasteiger partial charge < -0.3 is 5.32 Å². The van der Waals surface area contributed by atoms with Gasteiger partial charge >= 0.3 is 0 Å². The van der Waals surface area contributed by atoms with E-state index in [1.807, 2.05) is 13.0 Å². The van der Waals surface area contributed by atoms with Crippen LogP contribution in [-0.2, 0) is 6.42 Å². The summed E-state index contributed by atoms with van der Waals surface area (Å²) in [5.74, 6) is 0.718. The SMILES string of the molecule is CCC1CCCCC1NCCc1ccc(F)cc1C. The van der Waals surface area contributed by atoms with Crippen LogP contribution < -0.4 is 5.32 Å². The van der Waals surface area contributed by atoms with Crippen LogP contribution in [-0.4, -0.2) is 12.6 Å². The van der Waals surface area contributed by atoms with Gasteiger partial charge in [0.05, 0.1) is 0 Å². The molecule has 0 heterocycles. The summed E-state index contributed by atoms with van der Waals surface area (Å²) < 4.78 is 13.0. The van der Waals surface area contributed by atoms with Gasteiger partial charge in [0.2, 0.25) is 0 Å². The van der Waals surface area contributed by atoms with E-state index >= 15 is 0 Å². The standard InChI is InChI=1S/C17H26FN/c1-3-14-6-4-5-7-17(14)19-11-10-15-8-9-16(18)12-13(15)2/h8-9,12,14,17,19H,3-7,10-11H2,1-2H3. The molecule has 2 heteroatoms. The molecule has 1 N–H and O–H groups in total. The highest BCUT2D eigenvalue weighted by Gasteiger charge is 2.22. The van der Waals surface area contributed by atoms with Crippen LogP contribution in [0, 0.1) is 18.7 Å². The third-order valence-electron chi connectivity index (χ3n) is 4.54. The molecule has 1 aromatic rings. The van der Waals surface area contributed by atoms with Crippen LogP contribution in [0.4, 0.5) is 4.39 Å². The summed E-state index contributed by atoms with van der Waals surface area (Å²) in [6.07, 6.45) is 7.74. The highest BCUT2D eigenvalue weighted by Crippen LogP contribution is 2.26. The van der Waals surface area contributed by atoms with E-state index in [0.29, 0.717) is 6.04 Å². The number of benzene rings is 1. The van der Waals surface area contributed by atoms with Crippen LogP contribution in [0.25, 0.3) is 0 Å². The molecule has 2 rings (SSSR count). The van der Waals surface area contributed by atoms with Gasteiger partial charge in [-0.3, -0.25) is 0 Å². The highest BCUT2D eigenvalue weighted by molar-refractivity contribution is 5.26. The summed E-state index contributed by atoms with van der Waals surface area (Å²) in [5, 5.41) is 3.72. The van der Waals surface area contributed by atoms with Crippen molar-refractivity contribution < 1.29 is 4.39 Å². The molecule has 0 spiro atoms. The number of hydrogen-bond donors (Lipinski definition) is 1. The van der Waals surface area contributed by atoms with E-state index < -0.39 is 0 Å². The molecule has 1 aromatic carbocycles. The Kier molecular flexibility index (Phi) is 5.38. The van der Waals surface area contributed by atoms with E-state index in [2.05, 4.69) is 12.2 Å². The smallest absolute Gasteiger partial charge is 0.123 e. The Hall–Kier alpha value is -0.890. The molecule has 0 amide bonds. The average Bonchev–Trinajstić information content (AvgIpc) is 2.42. The second kappa shape index (κ2) is 7.04. The summed E-state index contributed by atoms with van der Waals surface area (Å²) >= 11 is 0. The molecule has 106 valence electrons. The van der Waals surface area contributed by atoms with Gasteiger partial charge in [0.25, 0.3) is 0 Å². The topological polar surface area (TPSA) is 12.0 Å². The summed E-state index contributed by atoms with van der Waals surface area (Å²) in [7, 11) is 0. The van der Waals surface area contributed by atoms with Crippen molar-refractivity contribution in [2.45, 2.75) is 58.4 Å². The minimum Gasteiger partial charge on any atom is -0.313 e. The quantitative estimate of drug-likeness (QED) is 0.838. The largest absolute Gasteiger partial charge is 0.313 e. The number of rotatable bonds is 5. The summed E-state index contributed by atoms with van der Waals surface area (Å²) in [6, 6.07) is 5.81. The summed E-state index contributed by atoms with van der Waals surface area (Å²) in [6.45, 7) is 5.30. The molecule has 0 bridgehead atoms. The van der Waals surface area contributed by atoms with E-state index in [0.717, 1.165) is 24.4 Å². The Morgan fingerprint density at radius 2 is 2.05 bits per heavy atom. The Balaban J connectivity index is 1.82. The molecule has 0 aliphatic heterocycles. The molecule has 1 aliphatic rings. The predicted octanol–water partition coefficient (Wildman–Crippen LogP) is 4.24. The first-order valence-corrected chi connectivity index (χ1v) is 7.69. The molecule has 0 aromatic heterocycles. The Morgan fingerprint density at radius 1 is 1.26 bits per heavy atom. The van der Waals surface area contributed by atoms with E-state index in [1.165, 1.54) is 37.7 Å². The molecule has 2 unspecified atom stereocenters. The summed E-state index contributed by atoms with van der Waals surface area (Å²) in [5.41, 5.74) is 2.33. The van der Waals surface area contributed by atoms with Crippen molar-refractivity contribution in [2.75, 3.05) is 6.54 Å². The predicted molar refractivity (Wildman–Crippen MR) is 78.9 cm³/mol. The van der Waals surface area contributed by atoms with Gasteiger partial charge in [-0.1, -0.05) is 32.3 Å². The first kappa shape index (κ1) is 14.5. The van der Waals surface area contributed by atoms with Crippen LogP contribution in [0.2, 0.25) is 0 Å². The number of nitrogens with one attached hydrogen (secondary N) is 1. The van der Waals surface area contributed by atoms with Crippen molar-refractivity contribution in [3.8, 4) is 0 Å². The lowest BCUT2D eigenvalue weighted by Crippen LogP contribution is -2.39. The molecule has 1 aliphatic carbocycles. The van der Waals surface area contributed by atoms with E-state index in [-0.39, 0.29) is 5.82 Å². The normalized spacial score (nSPS) is 23.5. The minimum atomic E-state index is -0.132. The zero-order valence-electron chi connectivity index (χ0n) is 12.2. The van der Waals surface area contributed by atoms with Crippen LogP contribution in [0.3, 0.4) is 0 Å². The summed E-state index contributed by atoms with van der Waals surface area (Å²) in [4.78, 5) is 0. The average molecular weight is 263 g/mol. The first-order valence-electron chi connectivity index (χ1n) is 7.69. The van der Waals surface area contributed by atoms with Gasteiger partial charge in [-0.2, -0.15) is 0 Å². The molecule has 0 saturated heterocycles.